The number of carbonyl (C=O) groups is 1. The Labute approximate surface area is 68.7 Å². The molecule has 0 bridgehead atoms. The van der Waals surface area contributed by atoms with Crippen LogP contribution in [0.25, 0.3) is 0 Å². The van der Waals surface area contributed by atoms with E-state index in [2.05, 4.69) is 0 Å². The van der Waals surface area contributed by atoms with Crippen molar-refractivity contribution in [2.45, 2.75) is 6.61 Å². The molecule has 0 aromatic heterocycles. The van der Waals surface area contributed by atoms with Crippen LogP contribution in [0.2, 0.25) is 0 Å². The molecule has 0 radical (unpaired) electrons. The minimum atomic E-state index is -1.11. The Balaban J connectivity index is 3.13. The summed E-state index contributed by atoms with van der Waals surface area (Å²) in [6, 6.07) is 3.52. The average Bonchev–Trinajstić information content (AvgIpc) is 2.05. The summed E-state index contributed by atoms with van der Waals surface area (Å²) in [5.74, 6) is -1.45. The van der Waals surface area contributed by atoms with E-state index < -0.39 is 12.6 Å². The fraction of sp³-hybridized carbons (Fsp3) is 0.125. The van der Waals surface area contributed by atoms with Gasteiger partial charge in [-0.3, -0.25) is 0 Å². The third kappa shape index (κ3) is 1.54. The lowest BCUT2D eigenvalue weighted by Gasteiger charge is -2.10. The molecule has 12 heavy (non-hydrogen) atoms. The standard InChI is InChI=1S/C8H8O4/c9-4-6-3-5(8(11)12)1-2-7(6)10/h1-3,9-10H,4H2,(H,11,12)/p-1. The van der Waals surface area contributed by atoms with Crippen LogP contribution in [-0.4, -0.2) is 16.2 Å². The highest BCUT2D eigenvalue weighted by Crippen LogP contribution is 2.15. The molecule has 0 fully saturated rings. The molecule has 64 valence electrons. The first kappa shape index (κ1) is 8.55. The summed E-state index contributed by atoms with van der Waals surface area (Å²) in [5, 5.41) is 28.0. The first-order valence-electron chi connectivity index (χ1n) is 3.29. The molecule has 1 rings (SSSR count). The van der Waals surface area contributed by atoms with E-state index in [1.807, 2.05) is 0 Å². The fourth-order valence-corrected chi connectivity index (χ4v) is 0.836. The van der Waals surface area contributed by atoms with Crippen molar-refractivity contribution in [1.82, 2.24) is 0 Å². The summed E-state index contributed by atoms with van der Waals surface area (Å²) in [7, 11) is 0. The maximum absolute atomic E-state index is 10.9. The lowest BCUT2D eigenvalue weighted by atomic mass is 10.1. The van der Waals surface area contributed by atoms with E-state index in [9.17, 15) is 9.90 Å². The Kier molecular flexibility index (Phi) is 2.30. The van der Waals surface area contributed by atoms with Crippen molar-refractivity contribution in [2.24, 2.45) is 0 Å². The molecule has 0 unspecified atom stereocenters. The first-order chi connectivity index (χ1) is 5.65. The van der Waals surface area contributed by atoms with E-state index in [0.29, 0.717) is 0 Å². The SMILES string of the molecule is O=C(O)c1ccc([O-])c(CO)c1. The molecule has 1 aromatic carbocycles. The van der Waals surface area contributed by atoms with E-state index in [1.54, 1.807) is 0 Å². The Bertz CT molecular complexity index is 306. The number of aromatic carboxylic acids is 1. The van der Waals surface area contributed by atoms with Crippen LogP contribution in [-0.2, 0) is 6.61 Å². The maximum Gasteiger partial charge on any atom is 0.335 e. The largest absolute Gasteiger partial charge is 0.872 e. The number of rotatable bonds is 2. The number of aliphatic hydroxyl groups excluding tert-OH is 1. The molecular weight excluding hydrogens is 160 g/mol. The van der Waals surface area contributed by atoms with Gasteiger partial charge in [-0.2, -0.15) is 0 Å². The van der Waals surface area contributed by atoms with Gasteiger partial charge in [0.15, 0.2) is 0 Å². The maximum atomic E-state index is 10.9. The van der Waals surface area contributed by atoms with Crippen molar-refractivity contribution in [3.63, 3.8) is 0 Å². The smallest absolute Gasteiger partial charge is 0.335 e. The zero-order valence-corrected chi connectivity index (χ0v) is 6.15. The Morgan fingerprint density at radius 2 is 2.17 bits per heavy atom. The number of carboxylic acids is 1. The molecule has 0 aliphatic rings. The number of hydrogen-bond acceptors (Lipinski definition) is 3. The first-order valence-corrected chi connectivity index (χ1v) is 3.29. The van der Waals surface area contributed by atoms with Crippen LogP contribution in [0, 0.1) is 0 Å². The van der Waals surface area contributed by atoms with E-state index >= 15 is 0 Å². The van der Waals surface area contributed by atoms with E-state index in [1.165, 1.54) is 12.1 Å². The third-order valence-corrected chi connectivity index (χ3v) is 1.48. The molecule has 0 spiro atoms. The molecule has 4 heteroatoms. The third-order valence-electron chi connectivity index (χ3n) is 1.48. The predicted octanol–water partition coefficient (Wildman–Crippen LogP) is -0.0493. The highest BCUT2D eigenvalue weighted by Gasteiger charge is 2.02. The summed E-state index contributed by atoms with van der Waals surface area (Å²) < 4.78 is 0. The van der Waals surface area contributed by atoms with Crippen molar-refractivity contribution in [3.8, 4) is 5.75 Å². The van der Waals surface area contributed by atoms with Crippen molar-refractivity contribution < 1.29 is 20.1 Å². The summed E-state index contributed by atoms with van der Waals surface area (Å²) in [6.07, 6.45) is 0. The second-order valence-corrected chi connectivity index (χ2v) is 2.29. The number of benzene rings is 1. The molecule has 0 aliphatic heterocycles. The molecule has 2 N–H and O–H groups in total. The van der Waals surface area contributed by atoms with E-state index in [4.69, 9.17) is 10.2 Å². The molecule has 0 amide bonds. The lowest BCUT2D eigenvalue weighted by Crippen LogP contribution is -2.01. The zero-order valence-electron chi connectivity index (χ0n) is 6.15. The topological polar surface area (TPSA) is 80.6 Å². The molecule has 4 nitrogen and oxygen atoms in total. The van der Waals surface area contributed by atoms with Gasteiger partial charge < -0.3 is 15.3 Å². The van der Waals surface area contributed by atoms with Crippen molar-refractivity contribution in [2.75, 3.05) is 0 Å². The second-order valence-electron chi connectivity index (χ2n) is 2.29. The van der Waals surface area contributed by atoms with E-state index in [-0.39, 0.29) is 16.9 Å². The zero-order chi connectivity index (χ0) is 9.14. The molecule has 0 saturated heterocycles. The summed E-state index contributed by atoms with van der Waals surface area (Å²) >= 11 is 0. The number of hydrogen-bond donors (Lipinski definition) is 2. The Morgan fingerprint density at radius 1 is 1.50 bits per heavy atom. The van der Waals surface area contributed by atoms with Gasteiger partial charge in [0.05, 0.1) is 12.2 Å². The molecule has 0 heterocycles. The van der Waals surface area contributed by atoms with Crippen molar-refractivity contribution in [1.29, 1.82) is 0 Å². The van der Waals surface area contributed by atoms with Crippen LogP contribution in [0.15, 0.2) is 18.2 Å². The van der Waals surface area contributed by atoms with E-state index in [0.717, 1.165) is 6.07 Å². The molecule has 0 aliphatic carbocycles. The quantitative estimate of drug-likeness (QED) is 0.647. The van der Waals surface area contributed by atoms with Crippen molar-refractivity contribution in [3.05, 3.63) is 29.3 Å². The van der Waals surface area contributed by atoms with Crippen LogP contribution in [0.3, 0.4) is 0 Å². The van der Waals surface area contributed by atoms with Gasteiger partial charge >= 0.3 is 5.97 Å². The van der Waals surface area contributed by atoms with Gasteiger partial charge in [0.1, 0.15) is 0 Å². The highest BCUT2D eigenvalue weighted by molar-refractivity contribution is 5.88. The number of carboxylic acid groups (broad SMARTS) is 1. The van der Waals surface area contributed by atoms with Gasteiger partial charge in [-0.1, -0.05) is 6.07 Å². The van der Waals surface area contributed by atoms with Crippen LogP contribution < -0.4 is 5.11 Å². The monoisotopic (exact) mass is 167 g/mol. The van der Waals surface area contributed by atoms with Gasteiger partial charge in [0, 0.05) is 0 Å². The van der Waals surface area contributed by atoms with Gasteiger partial charge in [-0.25, -0.2) is 4.79 Å². The van der Waals surface area contributed by atoms with Gasteiger partial charge in [0.2, 0.25) is 0 Å². The van der Waals surface area contributed by atoms with Crippen LogP contribution in [0.1, 0.15) is 15.9 Å². The molecular formula is C8H7O4-. The minimum Gasteiger partial charge on any atom is -0.872 e. The second kappa shape index (κ2) is 3.23. The Morgan fingerprint density at radius 3 is 2.67 bits per heavy atom. The lowest BCUT2D eigenvalue weighted by molar-refractivity contribution is -0.270. The number of aliphatic hydroxyl groups is 1. The summed E-state index contributed by atoms with van der Waals surface area (Å²) in [6.45, 7) is -0.431. The van der Waals surface area contributed by atoms with Gasteiger partial charge in [-0.15, -0.1) is 5.75 Å². The minimum absolute atomic E-state index is 0.0126. The highest BCUT2D eigenvalue weighted by atomic mass is 16.4. The normalized spacial score (nSPS) is 9.75. The van der Waals surface area contributed by atoms with Crippen LogP contribution >= 0.6 is 0 Å². The van der Waals surface area contributed by atoms with Gasteiger partial charge in [0.25, 0.3) is 0 Å². The predicted molar refractivity (Wildman–Crippen MR) is 38.8 cm³/mol. The Hall–Kier alpha value is -1.55. The van der Waals surface area contributed by atoms with Crippen LogP contribution in [0.4, 0.5) is 0 Å². The van der Waals surface area contributed by atoms with Crippen LogP contribution in [0.5, 0.6) is 5.75 Å². The summed E-state index contributed by atoms with van der Waals surface area (Å²) in [4.78, 5) is 10.4. The molecule has 0 saturated carbocycles. The van der Waals surface area contributed by atoms with Gasteiger partial charge in [-0.05, 0) is 17.7 Å². The van der Waals surface area contributed by atoms with Crippen molar-refractivity contribution >= 4 is 5.97 Å². The summed E-state index contributed by atoms with van der Waals surface area (Å²) in [5.41, 5.74) is 0.119. The molecule has 1 aromatic rings. The average molecular weight is 167 g/mol. The molecule has 0 atom stereocenters. The fourth-order valence-electron chi connectivity index (χ4n) is 0.836.